The summed E-state index contributed by atoms with van der Waals surface area (Å²) in [5.74, 6) is -2.01. The van der Waals surface area contributed by atoms with Crippen LogP contribution in [-0.4, -0.2) is 87.4 Å². The van der Waals surface area contributed by atoms with Crippen molar-refractivity contribution in [1.82, 2.24) is 0 Å². The zero-order chi connectivity index (χ0) is 61.9. The van der Waals surface area contributed by atoms with Crippen LogP contribution in [0.5, 0.6) is 0 Å². The lowest BCUT2D eigenvalue weighted by molar-refractivity contribution is -0.870. The van der Waals surface area contributed by atoms with E-state index in [4.69, 9.17) is 18.9 Å². The molecule has 9 nitrogen and oxygen atoms in total. The number of carboxylic acids is 1. The molecule has 0 saturated heterocycles. The second-order valence-electron chi connectivity index (χ2n) is 24.1. The molecule has 1 N–H and O–H groups in total. The van der Waals surface area contributed by atoms with Gasteiger partial charge in [0.1, 0.15) is 13.2 Å². The molecule has 0 aliphatic carbocycles. The van der Waals surface area contributed by atoms with Gasteiger partial charge in [-0.15, -0.1) is 0 Å². The van der Waals surface area contributed by atoms with E-state index in [2.05, 4.69) is 135 Å². The number of hydrogen-bond acceptors (Lipinski definition) is 7. The van der Waals surface area contributed by atoms with Gasteiger partial charge in [-0.05, 0) is 109 Å². The van der Waals surface area contributed by atoms with Crippen LogP contribution >= 0.6 is 0 Å². The molecule has 0 aromatic rings. The molecule has 0 saturated carbocycles. The Labute approximate surface area is 523 Å². The lowest BCUT2D eigenvalue weighted by Gasteiger charge is -2.25. The van der Waals surface area contributed by atoms with E-state index in [1.54, 1.807) is 0 Å². The number of esters is 2. The number of unbranched alkanes of at least 4 members (excludes halogenated alkanes) is 28. The van der Waals surface area contributed by atoms with Gasteiger partial charge in [-0.1, -0.05) is 283 Å². The first-order valence-corrected chi connectivity index (χ1v) is 34.7. The van der Waals surface area contributed by atoms with E-state index in [0.717, 1.165) is 96.3 Å². The van der Waals surface area contributed by atoms with Gasteiger partial charge in [-0.25, -0.2) is 4.79 Å². The molecular formula is C76H130NO8+. The van der Waals surface area contributed by atoms with Gasteiger partial charge < -0.3 is 28.5 Å². The number of allylic oxidation sites excluding steroid dienone is 20. The molecule has 0 aliphatic rings. The Kier molecular flexibility index (Phi) is 62.3. The van der Waals surface area contributed by atoms with Crippen LogP contribution in [0, 0.1) is 0 Å². The molecule has 0 bridgehead atoms. The topological polar surface area (TPSA) is 108 Å². The number of carbonyl (C=O) groups is 3. The molecule has 0 rings (SSSR count). The lowest BCUT2D eigenvalue weighted by atomic mass is 10.0. The number of likely N-dealkylation sites (N-methyl/N-ethyl adjacent to an activating group) is 1. The van der Waals surface area contributed by atoms with E-state index in [-0.39, 0.29) is 32.2 Å². The first-order chi connectivity index (χ1) is 41.6. The fraction of sp³-hybridized carbons (Fsp3) is 0.697. The number of nitrogens with zero attached hydrogens (tertiary/aromatic N) is 1. The number of carboxylic acid groups (broad SMARTS) is 1. The van der Waals surface area contributed by atoms with Crippen LogP contribution in [0.25, 0.3) is 0 Å². The minimum atomic E-state index is -1.52. The SMILES string of the molecule is CC/C=C\C/C=C\C/C=C\C/C=C\C/C=C\C/C=C\C/C=C\C/C=C\CCCCCCCCCCCCCCC(=O)OC(COC(=O)CCCCCCCCCCCCC/C=C\C/C=C\CCCCCCC)COC(OCC[N+](C)(C)C)C(=O)O. The Morgan fingerprint density at radius 1 is 0.365 bits per heavy atom. The smallest absolute Gasteiger partial charge is 0.361 e. The largest absolute Gasteiger partial charge is 0.477 e. The molecule has 0 spiro atoms. The summed E-state index contributed by atoms with van der Waals surface area (Å²) in [6, 6.07) is 0. The fourth-order valence-corrected chi connectivity index (χ4v) is 9.41. The Morgan fingerprint density at radius 3 is 1.00 bits per heavy atom. The maximum atomic E-state index is 12.9. The Balaban J connectivity index is 4.14. The van der Waals surface area contributed by atoms with Crippen molar-refractivity contribution in [3.63, 3.8) is 0 Å². The summed E-state index contributed by atoms with van der Waals surface area (Å²) < 4.78 is 23.0. The van der Waals surface area contributed by atoms with E-state index in [1.807, 2.05) is 21.1 Å². The van der Waals surface area contributed by atoms with Crippen LogP contribution in [-0.2, 0) is 33.3 Å². The minimum Gasteiger partial charge on any atom is -0.477 e. The van der Waals surface area contributed by atoms with Gasteiger partial charge in [0.15, 0.2) is 6.10 Å². The van der Waals surface area contributed by atoms with Crippen molar-refractivity contribution in [2.24, 2.45) is 0 Å². The Hall–Kier alpha value is -4.31. The third-order valence-electron chi connectivity index (χ3n) is 14.7. The first-order valence-electron chi connectivity index (χ1n) is 34.7. The quantitative estimate of drug-likeness (QED) is 0.0211. The molecule has 0 aromatic carbocycles. The zero-order valence-electron chi connectivity index (χ0n) is 55.5. The van der Waals surface area contributed by atoms with Gasteiger partial charge in [0.05, 0.1) is 34.4 Å². The number of hydrogen-bond donors (Lipinski definition) is 1. The van der Waals surface area contributed by atoms with Gasteiger partial charge in [0.25, 0.3) is 6.29 Å². The number of aliphatic carboxylic acids is 1. The summed E-state index contributed by atoms with van der Waals surface area (Å²) >= 11 is 0. The molecule has 2 unspecified atom stereocenters. The molecule has 0 radical (unpaired) electrons. The van der Waals surface area contributed by atoms with Gasteiger partial charge in [-0.3, -0.25) is 9.59 Å². The van der Waals surface area contributed by atoms with E-state index < -0.39 is 24.3 Å². The summed E-state index contributed by atoms with van der Waals surface area (Å²) in [5, 5.41) is 9.74. The minimum absolute atomic E-state index is 0.183. The highest BCUT2D eigenvalue weighted by Crippen LogP contribution is 2.16. The monoisotopic (exact) mass is 1180 g/mol. The predicted octanol–water partition coefficient (Wildman–Crippen LogP) is 21.6. The fourth-order valence-electron chi connectivity index (χ4n) is 9.41. The van der Waals surface area contributed by atoms with Crippen molar-refractivity contribution in [1.29, 1.82) is 0 Å². The molecule has 9 heteroatoms. The van der Waals surface area contributed by atoms with Crippen molar-refractivity contribution in [2.75, 3.05) is 47.5 Å². The molecule has 85 heavy (non-hydrogen) atoms. The lowest BCUT2D eigenvalue weighted by Crippen LogP contribution is -2.40. The molecule has 0 heterocycles. The normalized spacial score (nSPS) is 13.5. The highest BCUT2D eigenvalue weighted by atomic mass is 16.7. The average Bonchev–Trinajstić information content (AvgIpc) is 3.48. The first kappa shape index (κ1) is 80.7. The van der Waals surface area contributed by atoms with E-state index in [1.165, 1.54) is 154 Å². The summed E-state index contributed by atoms with van der Waals surface area (Å²) in [6.07, 6.45) is 90.1. The van der Waals surface area contributed by atoms with Gasteiger partial charge in [0, 0.05) is 12.8 Å². The summed E-state index contributed by atoms with van der Waals surface area (Å²) in [4.78, 5) is 37.6. The van der Waals surface area contributed by atoms with Crippen molar-refractivity contribution in [2.45, 2.75) is 296 Å². The zero-order valence-corrected chi connectivity index (χ0v) is 55.5. The summed E-state index contributed by atoms with van der Waals surface area (Å²) in [5.41, 5.74) is 0. The number of quaternary nitrogens is 1. The average molecular weight is 1190 g/mol. The Morgan fingerprint density at radius 2 is 0.671 bits per heavy atom. The van der Waals surface area contributed by atoms with Crippen LogP contribution in [0.2, 0.25) is 0 Å². The molecular weight excluding hydrogens is 1050 g/mol. The van der Waals surface area contributed by atoms with Crippen LogP contribution in [0.15, 0.2) is 122 Å². The number of rotatable bonds is 63. The molecule has 0 aliphatic heterocycles. The highest BCUT2D eigenvalue weighted by Gasteiger charge is 2.25. The van der Waals surface area contributed by atoms with Crippen molar-refractivity contribution < 1.29 is 42.9 Å². The summed E-state index contributed by atoms with van der Waals surface area (Å²) in [7, 11) is 5.97. The van der Waals surface area contributed by atoms with E-state index >= 15 is 0 Å². The van der Waals surface area contributed by atoms with Crippen molar-refractivity contribution in [3.05, 3.63) is 122 Å². The third-order valence-corrected chi connectivity index (χ3v) is 14.7. The number of carbonyl (C=O) groups excluding carboxylic acids is 2. The molecule has 0 fully saturated rings. The van der Waals surface area contributed by atoms with E-state index in [9.17, 15) is 19.5 Å². The molecule has 0 aromatic heterocycles. The predicted molar refractivity (Wildman–Crippen MR) is 364 cm³/mol. The third kappa shape index (κ3) is 67.1. The maximum absolute atomic E-state index is 12.9. The molecule has 0 amide bonds. The van der Waals surface area contributed by atoms with Crippen LogP contribution in [0.4, 0.5) is 0 Å². The van der Waals surface area contributed by atoms with Crippen LogP contribution in [0.3, 0.4) is 0 Å². The molecule has 2 atom stereocenters. The Bertz CT molecular complexity index is 1810. The van der Waals surface area contributed by atoms with Gasteiger partial charge in [0.2, 0.25) is 0 Å². The standard InChI is InChI=1S/C76H129NO8/c1-6-8-10-12-14-16-18-20-22-24-26-28-30-31-32-33-34-35-36-37-38-39-40-41-42-43-45-47-49-51-53-55-57-59-61-63-65-67-74(79)85-72(71-84-76(75(80)81)82-69-68-77(3,4)5)70-83-73(78)66-64-62-60-58-56-54-52-50-48-46-44-29-27-25-23-21-19-17-15-13-11-9-7-2/h8,10,14,16,19-22,25-28,31-32,34-35,37-38,40-41,72,76H,6-7,9,11-13,15,17-18,23-24,29-30,33,36,39,42-71H2,1-5H3/p+1/b10-8-,16-14-,21-19-,22-20-,27-25-,28-26-,32-31-,35-34-,38-37-,41-40-. The second kappa shape index (κ2) is 65.7. The highest BCUT2D eigenvalue weighted by molar-refractivity contribution is 5.71. The van der Waals surface area contributed by atoms with Crippen molar-refractivity contribution in [3.8, 4) is 0 Å². The molecule has 486 valence electrons. The van der Waals surface area contributed by atoms with E-state index in [0.29, 0.717) is 23.9 Å². The van der Waals surface area contributed by atoms with Gasteiger partial charge >= 0.3 is 17.9 Å². The maximum Gasteiger partial charge on any atom is 0.361 e. The van der Waals surface area contributed by atoms with Crippen LogP contribution < -0.4 is 0 Å². The van der Waals surface area contributed by atoms with Crippen LogP contribution in [0.1, 0.15) is 284 Å². The van der Waals surface area contributed by atoms with Crippen molar-refractivity contribution >= 4 is 17.9 Å². The summed E-state index contributed by atoms with van der Waals surface area (Å²) in [6.45, 7) is 4.76. The number of ether oxygens (including phenoxy) is 4. The second-order valence-corrected chi connectivity index (χ2v) is 24.1. The van der Waals surface area contributed by atoms with Gasteiger partial charge in [-0.2, -0.15) is 0 Å².